The molecule has 3 N–H and O–H groups in total. The van der Waals surface area contributed by atoms with E-state index >= 15 is 0 Å². The Morgan fingerprint density at radius 2 is 1.88 bits per heavy atom. The fraction of sp³-hybridized carbons (Fsp3) is 0.882. The van der Waals surface area contributed by atoms with Gasteiger partial charge >= 0.3 is 0 Å². The van der Waals surface area contributed by atoms with Gasteiger partial charge < -0.3 is 16.0 Å². The molecule has 2 aliphatic rings. The Kier molecular flexibility index (Phi) is 7.22. The lowest BCUT2D eigenvalue weighted by molar-refractivity contribution is -0.129. The number of amides is 1. The molecule has 2 fully saturated rings. The first-order valence-corrected chi connectivity index (χ1v) is 10.3. The van der Waals surface area contributed by atoms with Crippen molar-refractivity contribution in [2.24, 2.45) is 16.6 Å². The lowest BCUT2D eigenvalue weighted by Crippen LogP contribution is -2.61. The van der Waals surface area contributed by atoms with Gasteiger partial charge in [-0.2, -0.15) is 11.8 Å². The zero-order chi connectivity index (χ0) is 17.6. The number of nitrogens with one attached hydrogen (secondary N) is 1. The van der Waals surface area contributed by atoms with E-state index in [0.29, 0.717) is 0 Å². The number of nitrogens with two attached hydrogens (primary N) is 1. The summed E-state index contributed by atoms with van der Waals surface area (Å²) in [5.74, 6) is 4.05. The van der Waals surface area contributed by atoms with Gasteiger partial charge in [0.15, 0.2) is 5.96 Å². The van der Waals surface area contributed by atoms with Crippen LogP contribution in [0.3, 0.4) is 0 Å². The maximum Gasteiger partial charge on any atom is 0.237 e. The minimum absolute atomic E-state index is 0.258. The molecule has 0 aromatic carbocycles. The summed E-state index contributed by atoms with van der Waals surface area (Å²) in [7, 11) is 0. The van der Waals surface area contributed by atoms with Gasteiger partial charge in [0.05, 0.1) is 5.54 Å². The second-order valence-corrected chi connectivity index (χ2v) is 8.37. The van der Waals surface area contributed by atoms with Crippen molar-refractivity contribution < 1.29 is 4.79 Å². The fourth-order valence-electron chi connectivity index (χ4n) is 3.20. The molecule has 0 aliphatic carbocycles. The Labute approximate surface area is 150 Å². The first-order chi connectivity index (χ1) is 11.4. The van der Waals surface area contributed by atoms with E-state index < -0.39 is 5.54 Å². The Balaban J connectivity index is 1.91. The van der Waals surface area contributed by atoms with Gasteiger partial charge in [-0.05, 0) is 51.0 Å². The van der Waals surface area contributed by atoms with E-state index in [0.717, 1.165) is 51.1 Å². The predicted octanol–water partition coefficient (Wildman–Crippen LogP) is 0.977. The van der Waals surface area contributed by atoms with Crippen LogP contribution in [0.5, 0.6) is 0 Å². The van der Waals surface area contributed by atoms with E-state index in [-0.39, 0.29) is 5.91 Å². The Morgan fingerprint density at radius 3 is 2.42 bits per heavy atom. The molecule has 0 unspecified atom stereocenters. The van der Waals surface area contributed by atoms with E-state index in [1.54, 1.807) is 0 Å². The zero-order valence-corrected chi connectivity index (χ0v) is 16.2. The van der Waals surface area contributed by atoms with Gasteiger partial charge in [0.25, 0.3) is 0 Å². The van der Waals surface area contributed by atoms with Crippen LogP contribution in [-0.4, -0.2) is 78.0 Å². The number of hydrogen-bond acceptors (Lipinski definition) is 4. The summed E-state index contributed by atoms with van der Waals surface area (Å²) in [6.45, 7) is 11.2. The molecule has 24 heavy (non-hydrogen) atoms. The molecule has 6 nitrogen and oxygen atoms in total. The molecule has 0 spiro atoms. The highest BCUT2D eigenvalue weighted by Gasteiger charge is 2.35. The van der Waals surface area contributed by atoms with Gasteiger partial charge in [-0.3, -0.25) is 14.7 Å². The number of guanidine groups is 1. The molecule has 2 rings (SSSR count). The lowest BCUT2D eigenvalue weighted by atomic mass is 10.0. The fourth-order valence-corrected chi connectivity index (χ4v) is 4.41. The van der Waals surface area contributed by atoms with E-state index in [1.165, 1.54) is 24.3 Å². The molecule has 0 saturated carbocycles. The van der Waals surface area contributed by atoms with Gasteiger partial charge in [0.1, 0.15) is 0 Å². The van der Waals surface area contributed by atoms with E-state index in [4.69, 9.17) is 10.7 Å². The molecule has 138 valence electrons. The first kappa shape index (κ1) is 19.4. The summed E-state index contributed by atoms with van der Waals surface area (Å²) in [5, 5.41) is 3.43. The summed E-state index contributed by atoms with van der Waals surface area (Å²) < 4.78 is 0. The molecule has 2 heterocycles. The normalized spacial score (nSPS) is 21.8. The number of rotatable bonds is 5. The largest absolute Gasteiger partial charge is 0.368 e. The third kappa shape index (κ3) is 5.02. The number of aliphatic imine (C=N–C) groups is 1. The van der Waals surface area contributed by atoms with Gasteiger partial charge in [0, 0.05) is 39.3 Å². The summed E-state index contributed by atoms with van der Waals surface area (Å²) in [6.07, 6.45) is 2.57. The lowest BCUT2D eigenvalue weighted by Gasteiger charge is -2.43. The second kappa shape index (κ2) is 8.94. The monoisotopic (exact) mass is 355 g/mol. The minimum Gasteiger partial charge on any atom is -0.368 e. The van der Waals surface area contributed by atoms with Crippen molar-refractivity contribution in [3.05, 3.63) is 0 Å². The predicted molar refractivity (Wildman–Crippen MR) is 102 cm³/mol. The van der Waals surface area contributed by atoms with Crippen molar-refractivity contribution in [2.45, 2.75) is 39.2 Å². The highest BCUT2D eigenvalue weighted by atomic mass is 32.2. The molecule has 0 bridgehead atoms. The number of thioether (sulfide) groups is 1. The van der Waals surface area contributed by atoms with Gasteiger partial charge in [0.2, 0.25) is 5.91 Å². The van der Waals surface area contributed by atoms with Crippen molar-refractivity contribution in [2.75, 3.05) is 50.8 Å². The summed E-state index contributed by atoms with van der Waals surface area (Å²) in [5.41, 5.74) is 4.96. The van der Waals surface area contributed by atoms with Gasteiger partial charge in [-0.25, -0.2) is 0 Å². The molecular formula is C17H33N5OS. The average molecular weight is 356 g/mol. The van der Waals surface area contributed by atoms with Crippen molar-refractivity contribution >= 4 is 23.6 Å². The topological polar surface area (TPSA) is 74.0 Å². The minimum atomic E-state index is -0.582. The molecule has 2 aliphatic heterocycles. The quantitative estimate of drug-likeness (QED) is 0.568. The highest BCUT2D eigenvalue weighted by molar-refractivity contribution is 7.99. The van der Waals surface area contributed by atoms with Crippen LogP contribution in [0.1, 0.15) is 33.6 Å². The van der Waals surface area contributed by atoms with Crippen LogP contribution in [0, 0.1) is 5.92 Å². The van der Waals surface area contributed by atoms with E-state index in [2.05, 4.69) is 33.8 Å². The third-order valence-electron chi connectivity index (χ3n) is 5.15. The number of piperazine rings is 1. The molecule has 7 heteroatoms. The van der Waals surface area contributed by atoms with Gasteiger partial charge in [-0.1, -0.05) is 0 Å². The van der Waals surface area contributed by atoms with E-state index in [9.17, 15) is 4.79 Å². The smallest absolute Gasteiger partial charge is 0.237 e. The van der Waals surface area contributed by atoms with Crippen LogP contribution in [-0.2, 0) is 4.79 Å². The van der Waals surface area contributed by atoms with Crippen molar-refractivity contribution in [3.63, 3.8) is 0 Å². The second-order valence-electron chi connectivity index (χ2n) is 7.15. The van der Waals surface area contributed by atoms with Crippen LogP contribution < -0.4 is 11.1 Å². The van der Waals surface area contributed by atoms with Crippen molar-refractivity contribution in [1.82, 2.24) is 15.1 Å². The molecule has 0 radical (unpaired) electrons. The van der Waals surface area contributed by atoms with Crippen LogP contribution in [0.15, 0.2) is 4.99 Å². The maximum absolute atomic E-state index is 11.6. The third-order valence-corrected chi connectivity index (χ3v) is 6.20. The average Bonchev–Trinajstić information content (AvgIpc) is 2.59. The summed E-state index contributed by atoms with van der Waals surface area (Å²) in [4.78, 5) is 21.0. The standard InChI is InChI=1S/C17H33N5OS/c1-4-19-16(20-13-14-5-11-24-12-6-14)21-7-9-22(10-8-21)17(2,3)15(18)23/h14H,4-13H2,1-3H3,(H2,18,23)(H,19,20). The number of primary amides is 1. The molecule has 0 aromatic heterocycles. The number of carbonyl (C=O) groups excluding carboxylic acids is 1. The number of hydrogen-bond donors (Lipinski definition) is 2. The van der Waals surface area contributed by atoms with Gasteiger partial charge in [-0.15, -0.1) is 0 Å². The molecule has 1 amide bonds. The van der Waals surface area contributed by atoms with Crippen LogP contribution in [0.25, 0.3) is 0 Å². The molecular weight excluding hydrogens is 322 g/mol. The SMILES string of the molecule is CCNC(=NCC1CCSCC1)N1CCN(C(C)(C)C(N)=O)CC1. The Bertz CT molecular complexity index is 440. The number of carbonyl (C=O) groups is 1. The Morgan fingerprint density at radius 1 is 1.25 bits per heavy atom. The summed E-state index contributed by atoms with van der Waals surface area (Å²) in [6, 6.07) is 0. The molecule has 0 atom stereocenters. The zero-order valence-electron chi connectivity index (χ0n) is 15.4. The van der Waals surface area contributed by atoms with Crippen LogP contribution >= 0.6 is 11.8 Å². The van der Waals surface area contributed by atoms with Crippen molar-refractivity contribution in [3.8, 4) is 0 Å². The van der Waals surface area contributed by atoms with E-state index in [1.807, 2.05) is 13.8 Å². The maximum atomic E-state index is 11.6. The number of nitrogens with zero attached hydrogens (tertiary/aromatic N) is 3. The first-order valence-electron chi connectivity index (χ1n) is 9.11. The summed E-state index contributed by atoms with van der Waals surface area (Å²) >= 11 is 2.06. The van der Waals surface area contributed by atoms with Crippen LogP contribution in [0.4, 0.5) is 0 Å². The highest BCUT2D eigenvalue weighted by Crippen LogP contribution is 2.23. The van der Waals surface area contributed by atoms with Crippen LogP contribution in [0.2, 0.25) is 0 Å². The molecule has 2 saturated heterocycles. The van der Waals surface area contributed by atoms with Crippen molar-refractivity contribution in [1.29, 1.82) is 0 Å². The Hall–Kier alpha value is -0.950. The molecule has 0 aromatic rings.